The first-order valence-corrected chi connectivity index (χ1v) is 29.8. The predicted molar refractivity (Wildman–Crippen MR) is 339 cm³/mol. The van der Waals surface area contributed by atoms with Gasteiger partial charge in [-0.05, 0) is 65.6 Å². The van der Waals surface area contributed by atoms with Crippen molar-refractivity contribution < 1.29 is 168 Å². The van der Waals surface area contributed by atoms with E-state index in [1.54, 1.807) is 90.5 Å². The van der Waals surface area contributed by atoms with Crippen molar-refractivity contribution in [1.82, 2.24) is 35.9 Å². The van der Waals surface area contributed by atoms with Gasteiger partial charge in [0.1, 0.15) is 54.0 Å². The molecule has 2 saturated heterocycles. The number of anilines is 2. The summed E-state index contributed by atoms with van der Waals surface area (Å²) in [5.41, 5.74) is 17.4. The van der Waals surface area contributed by atoms with E-state index in [0.29, 0.717) is 70.0 Å². The monoisotopic (exact) mass is 1470 g/mol. The number of carbonyl (C=O) groups excluding carboxylic acids is 5. The number of nitrogens with zero attached hydrogens (tertiary/aromatic N) is 8. The molecule has 2 fully saturated rings. The summed E-state index contributed by atoms with van der Waals surface area (Å²) in [4.78, 5) is 98.9. The van der Waals surface area contributed by atoms with E-state index in [0.717, 1.165) is 36.3 Å². The van der Waals surface area contributed by atoms with Crippen LogP contribution in [0.4, 0.5) is 60.5 Å². The van der Waals surface area contributed by atoms with Crippen LogP contribution < -0.4 is 102 Å². The van der Waals surface area contributed by atoms with Gasteiger partial charge in [0.25, 0.3) is 12.4 Å². The number of alkyl carbamates (subject to hydrolysis) is 2. The number of hydrogen-bond donors (Lipinski definition) is 7. The average Bonchev–Trinajstić information content (AvgIpc) is 0.491. The van der Waals surface area contributed by atoms with Crippen LogP contribution in [-0.4, -0.2) is 148 Å². The van der Waals surface area contributed by atoms with Crippen LogP contribution in [0, 0.1) is 34.5 Å². The van der Waals surface area contributed by atoms with E-state index in [2.05, 4.69) is 64.6 Å². The van der Waals surface area contributed by atoms with Crippen molar-refractivity contribution in [3.8, 4) is 12.1 Å². The van der Waals surface area contributed by atoms with Gasteiger partial charge >= 0.3 is 108 Å². The van der Waals surface area contributed by atoms with Crippen LogP contribution in [-0.2, 0) is 62.9 Å². The number of fused-ring (bicyclic) bond motifs is 2. The first-order valence-electron chi connectivity index (χ1n) is 29.8. The number of ether oxygens (including phenoxy) is 3. The third-order valence-corrected chi connectivity index (χ3v) is 13.9. The SMILES string of the molecule is CC(=O)OCc1ccccc1.C[C@H]1C[C@@H](N)CN(c2ccc(C#N)c3nccnc23)C1.C[C@H]1C[C@@H](NC(=O)C(NC(=O)OCc2ccccc2)C(F)(F)F)CN(c2ccc(C#N)c3nccnc23)C1.NC(C(=O)O)C(F)(F)F.O=C(NC(C(=O)O)C(F)(F)F)OCc1ccccc1.O=CO[O-].[H-].[Na+].[Na+]. The molecule has 9 N–H and O–H groups in total. The summed E-state index contributed by atoms with van der Waals surface area (Å²) in [6.45, 7) is 7.79. The zero-order chi connectivity index (χ0) is 75.0. The van der Waals surface area contributed by atoms with Crippen LogP contribution in [0.5, 0.6) is 0 Å². The van der Waals surface area contributed by atoms with E-state index < -0.39 is 72.7 Å². The zero-order valence-electron chi connectivity index (χ0n) is 56.7. The normalized spacial score (nSPS) is 16.0. The standard InChI is InChI=1S/C26H25F3N6O3.C15H17N5.C11H10F3NO4.C9H10O2.C3H4F3NO2.CH2O3.2Na.H/c1-16-11-19(14-35(13-16)20-8-7-18(12-30)21-22(20)32-10-9-31-21)33-24(36)23(26(27,28)29)34-25(37)38-15-17-5-3-2-4-6-17;1-10-6-12(17)9-20(8-10)13-3-2-11(7-16)14-15(13)19-5-4-18-14;12-11(13,14)8(9(16)17)15-10(18)19-6-7-4-2-1-3-5-7;1-8(10)11-7-9-5-3-2-4-6-9;4-3(5,6)1(7)2(8)9;2-1-4-3;;;/h2-10,16,19,23H,11,13-15H2,1H3,(H,33,36)(H,34,37);2-5,10,12H,6,8-9,17H2,1H3;1-5,8H,6H2,(H,15,18)(H,16,17);2-6H,7H2,1H3;1H,7H2,(H,8,9);1,3H;;;/q;;;;;;2*+1;-1/p-1/t16-,19+,23?;10-,12+;;;;;;;/m00......./s1. The van der Waals surface area contributed by atoms with Gasteiger partial charge in [0.05, 0.1) is 22.5 Å². The van der Waals surface area contributed by atoms with E-state index in [1.807, 2.05) is 54.3 Å². The molecule has 103 heavy (non-hydrogen) atoms. The topological polar surface area (TPSA) is 414 Å². The fraction of sp³-hybridized carbons (Fsp3) is 0.338. The van der Waals surface area contributed by atoms with Crippen LogP contribution in [0.2, 0.25) is 0 Å². The van der Waals surface area contributed by atoms with Crippen molar-refractivity contribution in [3.63, 3.8) is 0 Å². The maximum Gasteiger partial charge on any atom is 1.00 e. The minimum Gasteiger partial charge on any atom is -1.00 e. The van der Waals surface area contributed by atoms with E-state index >= 15 is 0 Å². The molecular formula is C65H68F9N13Na2O14. The Morgan fingerprint density at radius 1 is 0.592 bits per heavy atom. The van der Waals surface area contributed by atoms with E-state index in [-0.39, 0.29) is 105 Å². The number of esters is 1. The number of carboxylic acids is 2. The molecule has 542 valence electrons. The van der Waals surface area contributed by atoms with Crippen molar-refractivity contribution in [2.24, 2.45) is 23.3 Å². The quantitative estimate of drug-likeness (QED) is 0.0146. The molecule has 38 heteroatoms. The van der Waals surface area contributed by atoms with Crippen molar-refractivity contribution in [3.05, 3.63) is 168 Å². The number of nitriles is 2. The molecule has 5 aromatic carbocycles. The molecule has 0 radical (unpaired) electrons. The Bertz CT molecular complexity index is 3950. The minimum absolute atomic E-state index is 0. The third-order valence-electron chi connectivity index (χ3n) is 13.9. The van der Waals surface area contributed by atoms with Gasteiger partial charge in [-0.1, -0.05) is 105 Å². The summed E-state index contributed by atoms with van der Waals surface area (Å²) in [6, 6.07) is 28.7. The zero-order valence-corrected chi connectivity index (χ0v) is 59.7. The number of piperidine rings is 2. The summed E-state index contributed by atoms with van der Waals surface area (Å²) >= 11 is 0. The summed E-state index contributed by atoms with van der Waals surface area (Å²) < 4.78 is 126. The van der Waals surface area contributed by atoms with Gasteiger partial charge in [0.15, 0.2) is 6.04 Å². The maximum absolute atomic E-state index is 13.7. The van der Waals surface area contributed by atoms with Gasteiger partial charge in [-0.25, -0.2) is 14.4 Å². The van der Waals surface area contributed by atoms with Crippen molar-refractivity contribution in [1.29, 1.82) is 10.5 Å². The Balaban J connectivity index is 0.000000696. The first kappa shape index (κ1) is 89.6. The van der Waals surface area contributed by atoms with Crippen LogP contribution in [0.3, 0.4) is 0 Å². The number of hydrogen-bond acceptors (Lipinski definition) is 22. The molecule has 2 aromatic heterocycles. The first-order chi connectivity index (χ1) is 47.7. The minimum atomic E-state index is -5.09. The fourth-order valence-corrected chi connectivity index (χ4v) is 9.55. The fourth-order valence-electron chi connectivity index (χ4n) is 9.55. The second-order valence-corrected chi connectivity index (χ2v) is 22.0. The van der Waals surface area contributed by atoms with Gasteiger partial charge in [0.2, 0.25) is 12.1 Å². The van der Waals surface area contributed by atoms with Gasteiger partial charge in [-0.2, -0.15) is 50.0 Å². The maximum atomic E-state index is 13.7. The number of carbonyl (C=O) groups is 7. The molecule has 7 atom stereocenters. The molecule has 4 heterocycles. The van der Waals surface area contributed by atoms with Crippen molar-refractivity contribution in [2.45, 2.75) is 102 Å². The number of rotatable bonds is 15. The molecule has 0 aliphatic carbocycles. The summed E-state index contributed by atoms with van der Waals surface area (Å²) in [5.74, 6) is -5.32. The number of nitrogens with two attached hydrogens (primary N) is 2. The predicted octanol–water partition coefficient (Wildman–Crippen LogP) is 1.56. The second-order valence-electron chi connectivity index (χ2n) is 22.0. The molecule has 7 aromatic rings. The Hall–Kier alpha value is -9.50. The van der Waals surface area contributed by atoms with Crippen LogP contribution in [0.25, 0.3) is 22.1 Å². The molecule has 2 aliphatic heterocycles. The summed E-state index contributed by atoms with van der Waals surface area (Å²) in [7, 11) is 0. The number of aromatic nitrogens is 4. The number of amides is 3. The number of carboxylic acid groups (broad SMARTS) is 2. The van der Waals surface area contributed by atoms with E-state index in [4.69, 9.17) is 40.7 Å². The van der Waals surface area contributed by atoms with E-state index in [1.165, 1.54) is 24.6 Å². The Labute approximate surface area is 628 Å². The van der Waals surface area contributed by atoms with Crippen LogP contribution in [0.15, 0.2) is 140 Å². The third kappa shape index (κ3) is 30.9. The van der Waals surface area contributed by atoms with Crippen molar-refractivity contribution >= 4 is 75.9 Å². The van der Waals surface area contributed by atoms with Gasteiger partial charge < -0.3 is 67.9 Å². The molecule has 3 unspecified atom stereocenters. The summed E-state index contributed by atoms with van der Waals surface area (Å²) in [5, 5.41) is 48.3. The van der Waals surface area contributed by atoms with Gasteiger partial charge in [-0.3, -0.25) is 44.4 Å². The van der Waals surface area contributed by atoms with E-state index in [9.17, 15) is 73.5 Å². The number of alkyl halides is 9. The van der Waals surface area contributed by atoms with Gasteiger partial charge in [-0.15, -0.1) is 0 Å². The molecule has 0 spiro atoms. The van der Waals surface area contributed by atoms with Crippen LogP contribution >= 0.6 is 0 Å². The number of halogens is 9. The Morgan fingerprint density at radius 2 is 0.961 bits per heavy atom. The molecule has 9 rings (SSSR count). The molecule has 2 aliphatic rings. The van der Waals surface area contributed by atoms with Crippen molar-refractivity contribution in [2.75, 3.05) is 36.0 Å². The molecule has 0 bridgehead atoms. The smallest absolute Gasteiger partial charge is 1.00 e. The average molecular weight is 1470 g/mol. The number of nitrogens with one attached hydrogen (secondary N) is 3. The Kier molecular flexibility index (Phi) is 38.4. The molecular weight excluding hydrogens is 1400 g/mol. The van der Waals surface area contributed by atoms with Crippen LogP contribution in [0.1, 0.15) is 62.9 Å². The summed E-state index contributed by atoms with van der Waals surface area (Å²) in [6.07, 6.45) is -10.0. The molecule has 3 amide bonds. The van der Waals surface area contributed by atoms with Gasteiger partial charge in [0, 0.05) is 70.0 Å². The number of aliphatic carboxylic acids is 2. The number of benzene rings is 5. The molecule has 0 saturated carbocycles. The second kappa shape index (κ2) is 44.1. The molecule has 27 nitrogen and oxygen atoms in total. The Morgan fingerprint density at radius 3 is 1.29 bits per heavy atom. The largest absolute Gasteiger partial charge is 1.00 e.